The molecule has 1 aliphatic rings. The van der Waals surface area contributed by atoms with Gasteiger partial charge in [0.05, 0.1) is 24.5 Å². The molecular weight excluding hydrogens is 360 g/mol. The van der Waals surface area contributed by atoms with Crippen molar-refractivity contribution in [3.63, 3.8) is 0 Å². The van der Waals surface area contributed by atoms with Crippen molar-refractivity contribution < 1.29 is 19.1 Å². The summed E-state index contributed by atoms with van der Waals surface area (Å²) >= 11 is 4.23. The molecule has 1 aromatic carbocycles. The Morgan fingerprint density at radius 1 is 1.43 bits per heavy atom. The number of thioether (sulfide) groups is 1. The lowest BCUT2D eigenvalue weighted by atomic mass is 10.1. The molecule has 0 unspecified atom stereocenters. The molecule has 1 heterocycles. The molecule has 0 aromatic heterocycles. The monoisotopic (exact) mass is 372 g/mol. The standard InChI is InChI=1S/C13H13BrN2O4S/c1-2-20-12(18)13(19)21-6-7-3-8(14)4-9-11(7)16-10(17)5-15-9/h3-4,15H,2,5-6H2,1H3,(H,16,17). The number of benzene rings is 1. The van der Waals surface area contributed by atoms with Crippen molar-refractivity contribution >= 4 is 56.1 Å². The number of fused-ring (bicyclic) bond motifs is 1. The molecule has 0 saturated heterocycles. The number of anilines is 2. The van der Waals surface area contributed by atoms with Crippen molar-refractivity contribution in [3.8, 4) is 0 Å². The van der Waals surface area contributed by atoms with Crippen molar-refractivity contribution in [1.29, 1.82) is 0 Å². The highest BCUT2D eigenvalue weighted by molar-refractivity contribution is 9.10. The lowest BCUT2D eigenvalue weighted by molar-refractivity contribution is -0.149. The van der Waals surface area contributed by atoms with Crippen LogP contribution in [0.1, 0.15) is 12.5 Å². The topological polar surface area (TPSA) is 84.5 Å². The fourth-order valence-electron chi connectivity index (χ4n) is 1.82. The Morgan fingerprint density at radius 2 is 2.19 bits per heavy atom. The third-order valence-electron chi connectivity index (χ3n) is 2.69. The van der Waals surface area contributed by atoms with Crippen molar-refractivity contribution in [3.05, 3.63) is 22.2 Å². The molecular formula is C13H13BrN2O4S. The van der Waals surface area contributed by atoms with E-state index < -0.39 is 11.1 Å². The molecule has 1 amide bonds. The second kappa shape index (κ2) is 6.95. The zero-order valence-electron chi connectivity index (χ0n) is 11.2. The van der Waals surface area contributed by atoms with E-state index in [0.717, 1.165) is 27.5 Å². The minimum Gasteiger partial charge on any atom is -0.460 e. The van der Waals surface area contributed by atoms with Crippen LogP contribution in [0.2, 0.25) is 0 Å². The van der Waals surface area contributed by atoms with Crippen LogP contribution in [0.25, 0.3) is 0 Å². The quantitative estimate of drug-likeness (QED) is 0.624. The normalized spacial score (nSPS) is 13.0. The van der Waals surface area contributed by atoms with Crippen LogP contribution in [0, 0.1) is 0 Å². The molecule has 0 radical (unpaired) electrons. The number of carbonyl (C=O) groups excluding carboxylic acids is 3. The van der Waals surface area contributed by atoms with Crippen LogP contribution in [0.5, 0.6) is 0 Å². The van der Waals surface area contributed by atoms with Crippen molar-refractivity contribution in [2.45, 2.75) is 12.7 Å². The fourth-order valence-corrected chi connectivity index (χ4v) is 3.01. The van der Waals surface area contributed by atoms with Crippen LogP contribution in [0.15, 0.2) is 16.6 Å². The molecule has 0 saturated carbocycles. The number of carbonyl (C=O) groups is 3. The van der Waals surface area contributed by atoms with Crippen LogP contribution < -0.4 is 10.6 Å². The maximum atomic E-state index is 11.6. The third-order valence-corrected chi connectivity index (χ3v) is 4.03. The smallest absolute Gasteiger partial charge is 0.385 e. The molecule has 0 aliphatic carbocycles. The lowest BCUT2D eigenvalue weighted by Crippen LogP contribution is -2.28. The van der Waals surface area contributed by atoms with Crippen molar-refractivity contribution in [1.82, 2.24) is 0 Å². The summed E-state index contributed by atoms with van der Waals surface area (Å²) in [6.45, 7) is 2.01. The average molecular weight is 373 g/mol. The van der Waals surface area contributed by atoms with Gasteiger partial charge in [-0.1, -0.05) is 27.7 Å². The van der Waals surface area contributed by atoms with Gasteiger partial charge in [0.1, 0.15) is 0 Å². The minimum atomic E-state index is -0.853. The van der Waals surface area contributed by atoms with E-state index in [1.54, 1.807) is 13.0 Å². The van der Waals surface area contributed by atoms with Gasteiger partial charge in [-0.05, 0) is 24.6 Å². The van der Waals surface area contributed by atoms with E-state index in [1.165, 1.54) is 0 Å². The molecule has 2 rings (SSSR count). The number of amides is 1. The minimum absolute atomic E-state index is 0.146. The summed E-state index contributed by atoms with van der Waals surface area (Å²) in [5.74, 6) is -0.734. The number of esters is 1. The molecule has 0 spiro atoms. The number of ether oxygens (including phenoxy) is 1. The zero-order valence-corrected chi connectivity index (χ0v) is 13.6. The zero-order chi connectivity index (χ0) is 15.4. The first-order valence-electron chi connectivity index (χ1n) is 6.21. The highest BCUT2D eigenvalue weighted by atomic mass is 79.9. The van der Waals surface area contributed by atoms with Crippen LogP contribution in [0.3, 0.4) is 0 Å². The first kappa shape index (κ1) is 15.8. The van der Waals surface area contributed by atoms with Gasteiger partial charge in [0, 0.05) is 10.2 Å². The van der Waals surface area contributed by atoms with Crippen molar-refractivity contribution in [2.24, 2.45) is 0 Å². The molecule has 0 fully saturated rings. The third kappa shape index (κ3) is 3.98. The summed E-state index contributed by atoms with van der Waals surface area (Å²) < 4.78 is 5.47. The predicted molar refractivity (Wildman–Crippen MR) is 84.2 cm³/mol. The highest BCUT2D eigenvalue weighted by Gasteiger charge is 2.21. The van der Waals surface area contributed by atoms with Gasteiger partial charge in [0.15, 0.2) is 0 Å². The Balaban J connectivity index is 2.13. The van der Waals surface area contributed by atoms with Crippen LogP contribution in [-0.2, 0) is 24.9 Å². The van der Waals surface area contributed by atoms with Gasteiger partial charge < -0.3 is 15.4 Å². The van der Waals surface area contributed by atoms with E-state index in [9.17, 15) is 14.4 Å². The molecule has 112 valence electrons. The Hall–Kier alpha value is -1.54. The van der Waals surface area contributed by atoms with E-state index in [-0.39, 0.29) is 24.8 Å². The van der Waals surface area contributed by atoms with Gasteiger partial charge in [0.25, 0.3) is 5.12 Å². The van der Waals surface area contributed by atoms with Gasteiger partial charge in [-0.15, -0.1) is 0 Å². The summed E-state index contributed by atoms with van der Waals surface area (Å²) in [6.07, 6.45) is 0. The molecule has 1 aromatic rings. The Morgan fingerprint density at radius 3 is 2.90 bits per heavy atom. The largest absolute Gasteiger partial charge is 0.460 e. The van der Waals surface area contributed by atoms with Crippen molar-refractivity contribution in [2.75, 3.05) is 23.8 Å². The first-order valence-corrected chi connectivity index (χ1v) is 7.99. The Kier molecular flexibility index (Phi) is 5.24. The summed E-state index contributed by atoms with van der Waals surface area (Å²) in [5, 5.41) is 5.12. The van der Waals surface area contributed by atoms with Gasteiger partial charge in [-0.2, -0.15) is 0 Å². The number of hydrogen-bond acceptors (Lipinski definition) is 6. The Bertz CT molecular complexity index is 606. The number of nitrogens with one attached hydrogen (secondary N) is 2. The molecule has 21 heavy (non-hydrogen) atoms. The highest BCUT2D eigenvalue weighted by Crippen LogP contribution is 2.34. The van der Waals surface area contributed by atoms with Crippen LogP contribution in [0.4, 0.5) is 11.4 Å². The van der Waals surface area contributed by atoms with Gasteiger partial charge in [-0.3, -0.25) is 9.59 Å². The summed E-state index contributed by atoms with van der Waals surface area (Å²) in [5.41, 5.74) is 2.17. The van der Waals surface area contributed by atoms with E-state index in [1.807, 2.05) is 6.07 Å². The molecule has 8 heteroatoms. The number of hydrogen-bond donors (Lipinski definition) is 2. The first-order chi connectivity index (χ1) is 10.0. The van der Waals surface area contributed by atoms with E-state index >= 15 is 0 Å². The molecule has 0 atom stereocenters. The number of rotatable bonds is 3. The maximum Gasteiger partial charge on any atom is 0.385 e. The van der Waals surface area contributed by atoms with E-state index in [0.29, 0.717) is 5.69 Å². The lowest BCUT2D eigenvalue weighted by Gasteiger charge is -2.22. The average Bonchev–Trinajstić information content (AvgIpc) is 2.45. The van der Waals surface area contributed by atoms with Gasteiger partial charge in [0.2, 0.25) is 5.91 Å². The maximum absolute atomic E-state index is 11.6. The van der Waals surface area contributed by atoms with Gasteiger partial charge >= 0.3 is 5.97 Å². The van der Waals surface area contributed by atoms with E-state index in [2.05, 4.69) is 31.3 Å². The second-order valence-corrected chi connectivity index (χ2v) is 6.05. The van der Waals surface area contributed by atoms with Crippen LogP contribution in [-0.4, -0.2) is 30.1 Å². The predicted octanol–water partition coefficient (Wildman–Crippen LogP) is 2.14. The molecule has 0 bridgehead atoms. The number of halogens is 1. The molecule has 1 aliphatic heterocycles. The summed E-state index contributed by atoms with van der Waals surface area (Å²) in [4.78, 5) is 34.3. The summed E-state index contributed by atoms with van der Waals surface area (Å²) in [6, 6.07) is 3.65. The van der Waals surface area contributed by atoms with Crippen LogP contribution >= 0.6 is 27.7 Å². The Labute approximate surface area is 134 Å². The SMILES string of the molecule is CCOC(=O)C(=O)SCc1cc(Br)cc2c1NC(=O)CN2. The molecule has 6 nitrogen and oxygen atoms in total. The van der Waals surface area contributed by atoms with Gasteiger partial charge in [-0.25, -0.2) is 4.79 Å². The summed E-state index contributed by atoms with van der Waals surface area (Å²) in [7, 11) is 0. The fraction of sp³-hybridized carbons (Fsp3) is 0.308. The second-order valence-electron chi connectivity index (χ2n) is 4.19. The van der Waals surface area contributed by atoms with E-state index in [4.69, 9.17) is 0 Å². The molecule has 2 N–H and O–H groups in total.